The second-order valence-corrected chi connectivity index (χ2v) is 2.59. The number of allylic oxidation sites excluding steroid dienone is 2. The Morgan fingerprint density at radius 2 is 1.77 bits per heavy atom. The van der Waals surface area contributed by atoms with Gasteiger partial charge in [0.25, 0.3) is 0 Å². The lowest BCUT2D eigenvalue weighted by Gasteiger charge is -2.01. The minimum Gasteiger partial charge on any atom is -0.477 e. The van der Waals surface area contributed by atoms with Gasteiger partial charge in [-0.25, -0.2) is 9.59 Å². The van der Waals surface area contributed by atoms with Crippen molar-refractivity contribution in [3.8, 4) is 0 Å². The first-order valence-corrected chi connectivity index (χ1v) is 3.78. The van der Waals surface area contributed by atoms with Crippen molar-refractivity contribution in [3.05, 3.63) is 23.8 Å². The third kappa shape index (κ3) is 3.55. The Balaban J connectivity index is 4.75. The fraction of sp³-hybridized carbons (Fsp3) is 0.333. The molecule has 0 aliphatic heterocycles. The molecule has 0 unspecified atom stereocenters. The summed E-state index contributed by atoms with van der Waals surface area (Å²) < 4.78 is 0. The monoisotopic (exact) mass is 184 g/mol. The van der Waals surface area contributed by atoms with E-state index in [2.05, 4.69) is 6.58 Å². The Hall–Kier alpha value is -1.58. The van der Waals surface area contributed by atoms with Crippen LogP contribution in [-0.4, -0.2) is 22.2 Å². The van der Waals surface area contributed by atoms with Gasteiger partial charge in [-0.05, 0) is 19.8 Å². The summed E-state index contributed by atoms with van der Waals surface area (Å²) in [5.41, 5.74) is -0.179. The number of aliphatic carboxylic acids is 2. The van der Waals surface area contributed by atoms with Crippen molar-refractivity contribution in [2.45, 2.75) is 19.8 Å². The van der Waals surface area contributed by atoms with Gasteiger partial charge in [0.05, 0.1) is 0 Å². The van der Waals surface area contributed by atoms with E-state index in [4.69, 9.17) is 10.2 Å². The lowest BCUT2D eigenvalue weighted by Crippen LogP contribution is -2.13. The average molecular weight is 184 g/mol. The van der Waals surface area contributed by atoms with Crippen LogP contribution in [0.3, 0.4) is 0 Å². The minimum absolute atomic E-state index is 0.361. The van der Waals surface area contributed by atoms with Crippen LogP contribution in [0.2, 0.25) is 0 Å². The molecule has 0 heterocycles. The molecule has 0 aromatic heterocycles. The van der Waals surface area contributed by atoms with Crippen LogP contribution in [-0.2, 0) is 9.59 Å². The van der Waals surface area contributed by atoms with Gasteiger partial charge in [-0.1, -0.05) is 11.6 Å². The standard InChI is InChI=1S/C9H12O4/c1-3-4-5-6(2)7(8(10)11)9(12)13/h3H,1,4-5H2,2H3,(H,10,11)(H,12,13). The summed E-state index contributed by atoms with van der Waals surface area (Å²) >= 11 is 0. The van der Waals surface area contributed by atoms with Crippen LogP contribution in [0.1, 0.15) is 19.8 Å². The van der Waals surface area contributed by atoms with Gasteiger partial charge in [0.1, 0.15) is 5.57 Å². The number of carbonyl (C=O) groups is 2. The summed E-state index contributed by atoms with van der Waals surface area (Å²) in [6.45, 7) is 4.97. The summed E-state index contributed by atoms with van der Waals surface area (Å²) in [7, 11) is 0. The van der Waals surface area contributed by atoms with Crippen molar-refractivity contribution in [2.75, 3.05) is 0 Å². The highest BCUT2D eigenvalue weighted by atomic mass is 16.4. The van der Waals surface area contributed by atoms with Gasteiger partial charge in [0.15, 0.2) is 0 Å². The molecule has 0 amide bonds. The van der Waals surface area contributed by atoms with Gasteiger partial charge in [0, 0.05) is 0 Å². The van der Waals surface area contributed by atoms with E-state index in [1.165, 1.54) is 6.92 Å². The van der Waals surface area contributed by atoms with Crippen LogP contribution in [0, 0.1) is 0 Å². The number of carboxylic acids is 2. The van der Waals surface area contributed by atoms with Crippen molar-refractivity contribution < 1.29 is 19.8 Å². The zero-order valence-electron chi connectivity index (χ0n) is 7.41. The van der Waals surface area contributed by atoms with Crippen LogP contribution >= 0.6 is 0 Å². The van der Waals surface area contributed by atoms with Gasteiger partial charge in [-0.3, -0.25) is 0 Å². The molecule has 0 spiro atoms. The van der Waals surface area contributed by atoms with Crippen molar-refractivity contribution in [1.82, 2.24) is 0 Å². The molecular formula is C9H12O4. The van der Waals surface area contributed by atoms with Crippen LogP contribution in [0.4, 0.5) is 0 Å². The van der Waals surface area contributed by atoms with Crippen molar-refractivity contribution in [2.24, 2.45) is 0 Å². The van der Waals surface area contributed by atoms with E-state index in [1.807, 2.05) is 0 Å². The number of hydrogen-bond donors (Lipinski definition) is 2. The molecule has 0 aromatic carbocycles. The lowest BCUT2D eigenvalue weighted by molar-refractivity contribution is -0.140. The van der Waals surface area contributed by atoms with E-state index in [0.29, 0.717) is 18.4 Å². The SMILES string of the molecule is C=CCCC(C)=C(C(=O)O)C(=O)O. The predicted molar refractivity (Wildman–Crippen MR) is 47.4 cm³/mol. The Labute approximate surface area is 76.2 Å². The summed E-state index contributed by atoms with van der Waals surface area (Å²) in [6, 6.07) is 0. The quantitative estimate of drug-likeness (QED) is 0.293. The zero-order chi connectivity index (χ0) is 10.4. The summed E-state index contributed by atoms with van der Waals surface area (Å²) in [4.78, 5) is 21.0. The molecule has 0 atom stereocenters. The van der Waals surface area contributed by atoms with E-state index >= 15 is 0 Å². The molecule has 0 fully saturated rings. The number of hydrogen-bond acceptors (Lipinski definition) is 2. The third-order valence-corrected chi connectivity index (χ3v) is 1.58. The summed E-state index contributed by atoms with van der Waals surface area (Å²) in [5.74, 6) is -2.79. The Morgan fingerprint density at radius 3 is 2.08 bits per heavy atom. The van der Waals surface area contributed by atoms with Crippen LogP contribution in [0.25, 0.3) is 0 Å². The fourth-order valence-corrected chi connectivity index (χ4v) is 0.900. The summed E-state index contributed by atoms with van der Waals surface area (Å²) in [6.07, 6.45) is 2.61. The molecule has 72 valence electrons. The molecule has 0 bridgehead atoms. The molecule has 0 aromatic rings. The van der Waals surface area contributed by atoms with Crippen LogP contribution < -0.4 is 0 Å². The predicted octanol–water partition coefficient (Wildman–Crippen LogP) is 1.44. The maximum absolute atomic E-state index is 10.5. The Bertz CT molecular complexity index is 247. The molecule has 4 heteroatoms. The van der Waals surface area contributed by atoms with E-state index in [1.54, 1.807) is 6.08 Å². The van der Waals surface area contributed by atoms with Crippen LogP contribution in [0.5, 0.6) is 0 Å². The zero-order valence-corrected chi connectivity index (χ0v) is 7.41. The number of carboxylic acid groups (broad SMARTS) is 2. The Morgan fingerprint density at radius 1 is 1.31 bits per heavy atom. The molecule has 2 N–H and O–H groups in total. The van der Waals surface area contributed by atoms with Crippen molar-refractivity contribution in [3.63, 3.8) is 0 Å². The maximum atomic E-state index is 10.5. The first-order valence-electron chi connectivity index (χ1n) is 3.78. The molecule has 0 rings (SSSR count). The normalized spacial score (nSPS) is 9.00. The molecular weight excluding hydrogens is 172 g/mol. The number of rotatable bonds is 5. The highest BCUT2D eigenvalue weighted by Gasteiger charge is 2.18. The summed E-state index contributed by atoms with van der Waals surface area (Å²) in [5, 5.41) is 17.1. The average Bonchev–Trinajstić information content (AvgIpc) is 1.99. The second-order valence-electron chi connectivity index (χ2n) is 2.59. The van der Waals surface area contributed by atoms with Crippen LogP contribution in [0.15, 0.2) is 23.8 Å². The first kappa shape index (κ1) is 11.4. The third-order valence-electron chi connectivity index (χ3n) is 1.58. The molecule has 0 saturated heterocycles. The van der Waals surface area contributed by atoms with Crippen molar-refractivity contribution >= 4 is 11.9 Å². The molecule has 0 radical (unpaired) electrons. The second kappa shape index (κ2) is 5.13. The van der Waals surface area contributed by atoms with E-state index < -0.39 is 17.5 Å². The van der Waals surface area contributed by atoms with E-state index in [-0.39, 0.29) is 0 Å². The van der Waals surface area contributed by atoms with Gasteiger partial charge < -0.3 is 10.2 Å². The highest BCUT2D eigenvalue weighted by molar-refractivity contribution is 6.13. The van der Waals surface area contributed by atoms with Crippen molar-refractivity contribution in [1.29, 1.82) is 0 Å². The largest absolute Gasteiger partial charge is 0.477 e. The topological polar surface area (TPSA) is 74.6 Å². The maximum Gasteiger partial charge on any atom is 0.343 e. The van der Waals surface area contributed by atoms with Gasteiger partial charge in [-0.2, -0.15) is 0 Å². The van der Waals surface area contributed by atoms with E-state index in [9.17, 15) is 9.59 Å². The minimum atomic E-state index is -1.39. The lowest BCUT2D eigenvalue weighted by atomic mass is 10.1. The molecule has 0 saturated carbocycles. The van der Waals surface area contributed by atoms with Gasteiger partial charge >= 0.3 is 11.9 Å². The first-order chi connectivity index (χ1) is 6.00. The van der Waals surface area contributed by atoms with Gasteiger partial charge in [0.2, 0.25) is 0 Å². The molecule has 13 heavy (non-hydrogen) atoms. The van der Waals surface area contributed by atoms with Gasteiger partial charge in [-0.15, -0.1) is 6.58 Å². The molecule has 4 nitrogen and oxygen atoms in total. The highest BCUT2D eigenvalue weighted by Crippen LogP contribution is 2.11. The smallest absolute Gasteiger partial charge is 0.343 e. The fourth-order valence-electron chi connectivity index (χ4n) is 0.900. The Kier molecular flexibility index (Phi) is 4.51. The van der Waals surface area contributed by atoms with E-state index in [0.717, 1.165) is 0 Å². The molecule has 0 aliphatic carbocycles. The molecule has 0 aliphatic rings.